The Morgan fingerprint density at radius 3 is 2.86 bits per heavy atom. The van der Waals surface area contributed by atoms with E-state index in [0.29, 0.717) is 0 Å². The van der Waals surface area contributed by atoms with Gasteiger partial charge in [0.05, 0.1) is 0 Å². The van der Waals surface area contributed by atoms with Crippen LogP contribution in [0, 0.1) is 11.8 Å². The fourth-order valence-corrected chi connectivity index (χ4v) is 5.00. The molecular weight excluding hydrogens is 276 g/mol. The number of rotatable bonds is 6. The molecule has 3 heteroatoms. The lowest BCUT2D eigenvalue weighted by Crippen LogP contribution is -2.33. The van der Waals surface area contributed by atoms with Crippen molar-refractivity contribution in [2.45, 2.75) is 65.1 Å². The van der Waals surface area contributed by atoms with Crippen LogP contribution in [-0.4, -0.2) is 24.0 Å². The quantitative estimate of drug-likeness (QED) is 0.845. The summed E-state index contributed by atoms with van der Waals surface area (Å²) in [7, 11) is 0. The highest BCUT2D eigenvalue weighted by Crippen LogP contribution is 2.37. The molecule has 2 aliphatic rings. The molecule has 2 atom stereocenters. The summed E-state index contributed by atoms with van der Waals surface area (Å²) >= 11 is 2.01. The van der Waals surface area contributed by atoms with Gasteiger partial charge >= 0.3 is 0 Å². The molecule has 2 fully saturated rings. The van der Waals surface area contributed by atoms with E-state index in [1.165, 1.54) is 50.1 Å². The van der Waals surface area contributed by atoms with E-state index in [4.69, 9.17) is 0 Å². The van der Waals surface area contributed by atoms with Gasteiger partial charge in [-0.05, 0) is 56.3 Å². The van der Waals surface area contributed by atoms with Crippen molar-refractivity contribution in [1.82, 2.24) is 10.2 Å². The number of hydrogen-bond donors (Lipinski definition) is 1. The molecule has 0 bridgehead atoms. The van der Waals surface area contributed by atoms with Crippen molar-refractivity contribution >= 4 is 11.3 Å². The Labute approximate surface area is 133 Å². The zero-order valence-corrected chi connectivity index (χ0v) is 14.4. The molecule has 0 radical (unpaired) electrons. The second kappa shape index (κ2) is 7.26. The molecular formula is C18H30N2S. The third kappa shape index (κ3) is 4.08. The van der Waals surface area contributed by atoms with E-state index < -0.39 is 0 Å². The van der Waals surface area contributed by atoms with Gasteiger partial charge in [-0.25, -0.2) is 0 Å². The minimum Gasteiger partial charge on any atom is -0.312 e. The van der Waals surface area contributed by atoms with Crippen LogP contribution in [-0.2, 0) is 13.1 Å². The summed E-state index contributed by atoms with van der Waals surface area (Å²) in [5.41, 5.74) is 0. The highest BCUT2D eigenvalue weighted by atomic mass is 32.1. The van der Waals surface area contributed by atoms with E-state index in [2.05, 4.69) is 36.2 Å². The molecule has 0 spiro atoms. The van der Waals surface area contributed by atoms with Gasteiger partial charge in [-0.1, -0.05) is 26.7 Å². The number of fused-ring (bicyclic) bond motifs is 1. The van der Waals surface area contributed by atoms with Crippen LogP contribution < -0.4 is 5.32 Å². The number of hydrogen-bond acceptors (Lipinski definition) is 3. The second-order valence-corrected chi connectivity index (χ2v) is 8.52. The second-order valence-electron chi connectivity index (χ2n) is 7.26. The predicted molar refractivity (Wildman–Crippen MR) is 91.6 cm³/mol. The summed E-state index contributed by atoms with van der Waals surface area (Å²) in [5, 5.41) is 3.55. The summed E-state index contributed by atoms with van der Waals surface area (Å²) in [6.45, 7) is 9.20. The van der Waals surface area contributed by atoms with Crippen molar-refractivity contribution in [3.05, 3.63) is 21.9 Å². The van der Waals surface area contributed by atoms with Crippen molar-refractivity contribution in [2.75, 3.05) is 13.1 Å². The van der Waals surface area contributed by atoms with E-state index >= 15 is 0 Å². The lowest BCUT2D eigenvalue weighted by Gasteiger charge is -2.31. The Morgan fingerprint density at radius 1 is 1.19 bits per heavy atom. The maximum Gasteiger partial charge on any atom is 0.0331 e. The van der Waals surface area contributed by atoms with Crippen LogP contribution in [0.5, 0.6) is 0 Å². The summed E-state index contributed by atoms with van der Waals surface area (Å²) in [4.78, 5) is 5.81. The highest BCUT2D eigenvalue weighted by molar-refractivity contribution is 7.11. The molecule has 1 saturated carbocycles. The first kappa shape index (κ1) is 15.5. The van der Waals surface area contributed by atoms with Gasteiger partial charge in [0, 0.05) is 28.9 Å². The predicted octanol–water partition coefficient (Wildman–Crippen LogP) is 4.26. The Bertz CT molecular complexity index is 440. The van der Waals surface area contributed by atoms with Crippen LogP contribution >= 0.6 is 11.3 Å². The molecule has 118 valence electrons. The largest absolute Gasteiger partial charge is 0.312 e. The molecule has 1 aliphatic heterocycles. The summed E-state index contributed by atoms with van der Waals surface area (Å²) in [5.74, 6) is 1.74. The van der Waals surface area contributed by atoms with Crippen LogP contribution in [0.4, 0.5) is 0 Å². The van der Waals surface area contributed by atoms with Gasteiger partial charge in [-0.15, -0.1) is 11.3 Å². The van der Waals surface area contributed by atoms with Crippen molar-refractivity contribution in [1.29, 1.82) is 0 Å². The zero-order valence-electron chi connectivity index (χ0n) is 13.6. The first-order chi connectivity index (χ1) is 10.2. The Kier molecular flexibility index (Phi) is 5.36. The molecule has 1 aliphatic carbocycles. The van der Waals surface area contributed by atoms with Crippen molar-refractivity contribution in [2.24, 2.45) is 11.8 Å². The van der Waals surface area contributed by atoms with Crippen LogP contribution in [0.25, 0.3) is 0 Å². The van der Waals surface area contributed by atoms with E-state index in [1.807, 2.05) is 11.3 Å². The average Bonchev–Trinajstić information content (AvgIpc) is 3.07. The molecule has 3 rings (SSSR count). The summed E-state index contributed by atoms with van der Waals surface area (Å²) in [6.07, 6.45) is 7.29. The number of nitrogens with zero attached hydrogens (tertiary/aromatic N) is 1. The van der Waals surface area contributed by atoms with Crippen LogP contribution in [0.2, 0.25) is 0 Å². The third-order valence-electron chi connectivity index (χ3n) is 5.05. The van der Waals surface area contributed by atoms with E-state index in [9.17, 15) is 0 Å². The van der Waals surface area contributed by atoms with Gasteiger partial charge in [0.25, 0.3) is 0 Å². The molecule has 0 amide bonds. The Hall–Kier alpha value is -0.380. The fraction of sp³-hybridized carbons (Fsp3) is 0.778. The highest BCUT2D eigenvalue weighted by Gasteiger charge is 2.35. The maximum absolute atomic E-state index is 3.55. The van der Waals surface area contributed by atoms with Crippen LogP contribution in [0.3, 0.4) is 0 Å². The Morgan fingerprint density at radius 2 is 2.00 bits per heavy atom. The van der Waals surface area contributed by atoms with E-state index in [-0.39, 0.29) is 0 Å². The van der Waals surface area contributed by atoms with Crippen molar-refractivity contribution in [3.63, 3.8) is 0 Å². The molecule has 1 saturated heterocycles. The lowest BCUT2D eigenvalue weighted by atomic mass is 9.85. The normalized spacial score (nSPS) is 26.4. The number of likely N-dealkylation sites (tertiary alicyclic amines) is 1. The van der Waals surface area contributed by atoms with Gasteiger partial charge in [-0.2, -0.15) is 0 Å². The van der Waals surface area contributed by atoms with Gasteiger partial charge in [-0.3, -0.25) is 4.90 Å². The van der Waals surface area contributed by atoms with Crippen molar-refractivity contribution in [3.8, 4) is 0 Å². The minimum absolute atomic E-state index is 0.734. The lowest BCUT2D eigenvalue weighted by molar-refractivity contribution is 0.177. The average molecular weight is 307 g/mol. The third-order valence-corrected chi connectivity index (χ3v) is 6.12. The molecule has 0 aromatic carbocycles. The first-order valence-corrected chi connectivity index (χ1v) is 9.56. The molecule has 2 heterocycles. The van der Waals surface area contributed by atoms with Gasteiger partial charge < -0.3 is 5.32 Å². The molecule has 2 nitrogen and oxygen atoms in total. The number of thiophene rings is 1. The molecule has 2 unspecified atom stereocenters. The van der Waals surface area contributed by atoms with E-state index in [1.54, 1.807) is 4.88 Å². The summed E-state index contributed by atoms with van der Waals surface area (Å²) < 4.78 is 0. The Balaban J connectivity index is 1.50. The molecule has 21 heavy (non-hydrogen) atoms. The minimum atomic E-state index is 0.734. The van der Waals surface area contributed by atoms with Gasteiger partial charge in [0.2, 0.25) is 0 Å². The number of nitrogens with one attached hydrogen (secondary N) is 1. The van der Waals surface area contributed by atoms with Gasteiger partial charge in [0.1, 0.15) is 0 Å². The standard InChI is InChI=1S/C18H30N2S/c1-14(2)11-19-12-16-7-8-17(21-16)13-20-10-9-15-5-3-4-6-18(15)20/h7-8,14-15,18-19H,3-6,9-13H2,1-2H3. The SMILES string of the molecule is CC(C)CNCc1ccc(CN2CCC3CCCCC32)s1. The monoisotopic (exact) mass is 306 g/mol. The summed E-state index contributed by atoms with van der Waals surface area (Å²) in [6, 6.07) is 5.57. The van der Waals surface area contributed by atoms with Gasteiger partial charge in [0.15, 0.2) is 0 Å². The van der Waals surface area contributed by atoms with Crippen LogP contribution in [0.1, 0.15) is 55.7 Å². The molecule has 1 aromatic rings. The first-order valence-electron chi connectivity index (χ1n) is 8.74. The van der Waals surface area contributed by atoms with Crippen molar-refractivity contribution < 1.29 is 0 Å². The maximum atomic E-state index is 3.55. The smallest absolute Gasteiger partial charge is 0.0331 e. The molecule has 1 aromatic heterocycles. The fourth-order valence-electron chi connectivity index (χ4n) is 3.99. The zero-order chi connectivity index (χ0) is 14.7. The van der Waals surface area contributed by atoms with Crippen LogP contribution in [0.15, 0.2) is 12.1 Å². The molecule has 1 N–H and O–H groups in total. The topological polar surface area (TPSA) is 15.3 Å². The van der Waals surface area contributed by atoms with E-state index in [0.717, 1.165) is 31.0 Å².